The Morgan fingerprint density at radius 2 is 2.00 bits per heavy atom. The van der Waals surface area contributed by atoms with Crippen LogP contribution in [-0.2, 0) is 33.8 Å². The predicted molar refractivity (Wildman–Crippen MR) is 133 cm³/mol. The zero-order valence-electron chi connectivity index (χ0n) is 20.6. The molecule has 5 rings (SSSR count). The topological polar surface area (TPSA) is 82.5 Å². The molecule has 0 saturated carbocycles. The van der Waals surface area contributed by atoms with Gasteiger partial charge in [0.15, 0.2) is 6.10 Å². The first-order valence-electron chi connectivity index (χ1n) is 12.1. The third-order valence-electron chi connectivity index (χ3n) is 6.68. The summed E-state index contributed by atoms with van der Waals surface area (Å²) in [7, 11) is 1.45. The molecule has 3 aromatic rings. The smallest absolute Gasteiger partial charge is 0.340 e. The van der Waals surface area contributed by atoms with E-state index in [1.165, 1.54) is 12.7 Å². The summed E-state index contributed by atoms with van der Waals surface area (Å²) < 4.78 is 12.3. The number of esters is 1. The molecule has 0 spiro atoms. The van der Waals surface area contributed by atoms with Gasteiger partial charge in [-0.2, -0.15) is 0 Å². The number of carbonyl (C=O) groups excluding carboxylic acids is 1. The molecule has 34 heavy (non-hydrogen) atoms. The molecule has 4 heterocycles. The molecule has 0 radical (unpaired) electrons. The average Bonchev–Trinajstić information content (AvgIpc) is 3.23. The highest BCUT2D eigenvalue weighted by atomic mass is 16.6. The number of rotatable bonds is 6. The van der Waals surface area contributed by atoms with Gasteiger partial charge in [-0.05, 0) is 44.0 Å². The van der Waals surface area contributed by atoms with Crippen LogP contribution in [0.4, 0.5) is 0 Å². The molecule has 0 saturated heterocycles. The zero-order valence-corrected chi connectivity index (χ0v) is 20.6. The first-order valence-corrected chi connectivity index (χ1v) is 12.1. The summed E-state index contributed by atoms with van der Waals surface area (Å²) in [6, 6.07) is 10.5. The third kappa shape index (κ3) is 4.03. The third-order valence-corrected chi connectivity index (χ3v) is 6.68. The number of pyridine rings is 2. The van der Waals surface area contributed by atoms with E-state index < -0.39 is 12.1 Å². The molecular formula is C27H33N3O4. The van der Waals surface area contributed by atoms with Gasteiger partial charge in [0.25, 0.3) is 5.56 Å². The quantitative estimate of drug-likeness (QED) is 0.433. The molecule has 0 amide bonds. The number of ether oxygens (including phenoxy) is 2. The van der Waals surface area contributed by atoms with Crippen LogP contribution in [0.3, 0.4) is 0 Å². The molecule has 2 atom stereocenters. The van der Waals surface area contributed by atoms with Crippen molar-refractivity contribution in [1.29, 1.82) is 0 Å². The van der Waals surface area contributed by atoms with E-state index in [0.717, 1.165) is 47.2 Å². The lowest BCUT2D eigenvalue weighted by Gasteiger charge is -2.24. The minimum Gasteiger partial charge on any atom is -0.458 e. The molecule has 0 fully saturated rings. The highest BCUT2D eigenvalue weighted by Gasteiger charge is 2.35. The van der Waals surface area contributed by atoms with Crippen molar-refractivity contribution < 1.29 is 14.3 Å². The SMILES string of the molecule is CC.CCC(C)NCCc1c2c(nc3ccccc13)-c1cc3c(c(=O)n1C2)COC(=O)C3OC. The molecule has 2 aliphatic rings. The molecule has 2 aromatic heterocycles. The predicted octanol–water partition coefficient (Wildman–Crippen LogP) is 4.13. The minimum atomic E-state index is -0.888. The summed E-state index contributed by atoms with van der Waals surface area (Å²) in [5.74, 6) is -0.467. The Labute approximate surface area is 200 Å². The number of carbonyl (C=O) groups is 1. The summed E-state index contributed by atoms with van der Waals surface area (Å²) in [5, 5.41) is 4.69. The molecule has 7 nitrogen and oxygen atoms in total. The van der Waals surface area contributed by atoms with E-state index in [1.54, 1.807) is 4.57 Å². The number of benzene rings is 1. The van der Waals surface area contributed by atoms with Gasteiger partial charge in [0.05, 0.1) is 29.0 Å². The van der Waals surface area contributed by atoms with Crippen LogP contribution in [0.2, 0.25) is 0 Å². The average molecular weight is 464 g/mol. The number of nitrogens with zero attached hydrogens (tertiary/aromatic N) is 2. The number of para-hydroxylation sites is 1. The molecule has 1 N–H and O–H groups in total. The van der Waals surface area contributed by atoms with E-state index in [0.29, 0.717) is 23.7 Å². The maximum absolute atomic E-state index is 13.4. The molecule has 7 heteroatoms. The monoisotopic (exact) mass is 463 g/mol. The number of aromatic nitrogens is 2. The highest BCUT2D eigenvalue weighted by molar-refractivity contribution is 5.88. The van der Waals surface area contributed by atoms with Crippen molar-refractivity contribution in [1.82, 2.24) is 14.9 Å². The number of methoxy groups -OCH3 is 1. The second-order valence-corrected chi connectivity index (χ2v) is 8.53. The maximum atomic E-state index is 13.4. The van der Waals surface area contributed by atoms with Crippen molar-refractivity contribution >= 4 is 16.9 Å². The highest BCUT2D eigenvalue weighted by Crippen LogP contribution is 2.38. The van der Waals surface area contributed by atoms with E-state index in [2.05, 4.69) is 25.2 Å². The molecular weight excluding hydrogens is 430 g/mol. The molecule has 2 aliphatic heterocycles. The number of nitrogens with one attached hydrogen (secondary N) is 1. The van der Waals surface area contributed by atoms with Crippen LogP contribution in [0, 0.1) is 0 Å². The minimum absolute atomic E-state index is 0.0232. The Balaban J connectivity index is 0.00000133. The van der Waals surface area contributed by atoms with Gasteiger partial charge in [0.1, 0.15) is 6.61 Å². The fourth-order valence-electron chi connectivity index (χ4n) is 4.74. The van der Waals surface area contributed by atoms with E-state index in [-0.39, 0.29) is 12.2 Å². The lowest BCUT2D eigenvalue weighted by Crippen LogP contribution is -2.33. The van der Waals surface area contributed by atoms with E-state index in [1.807, 2.05) is 38.1 Å². The first kappa shape index (κ1) is 24.1. The van der Waals surface area contributed by atoms with Crippen LogP contribution in [0.1, 0.15) is 62.5 Å². The van der Waals surface area contributed by atoms with Crippen LogP contribution in [0.25, 0.3) is 22.3 Å². The van der Waals surface area contributed by atoms with Crippen molar-refractivity contribution in [3.8, 4) is 11.4 Å². The van der Waals surface area contributed by atoms with Gasteiger partial charge in [-0.3, -0.25) is 4.79 Å². The normalized spacial score (nSPS) is 16.7. The maximum Gasteiger partial charge on any atom is 0.340 e. The van der Waals surface area contributed by atoms with Crippen molar-refractivity contribution in [2.24, 2.45) is 0 Å². The van der Waals surface area contributed by atoms with Crippen LogP contribution < -0.4 is 10.9 Å². The Hall–Kier alpha value is -3.03. The van der Waals surface area contributed by atoms with Crippen molar-refractivity contribution in [3.05, 3.63) is 62.9 Å². The van der Waals surface area contributed by atoms with Crippen LogP contribution >= 0.6 is 0 Å². The summed E-state index contributed by atoms with van der Waals surface area (Å²) in [6.45, 7) is 9.66. The number of hydrogen-bond acceptors (Lipinski definition) is 6. The van der Waals surface area contributed by atoms with Crippen molar-refractivity contribution in [2.45, 2.75) is 65.8 Å². The second kappa shape index (κ2) is 10.1. The fourth-order valence-corrected chi connectivity index (χ4v) is 4.74. The van der Waals surface area contributed by atoms with Gasteiger partial charge in [0, 0.05) is 29.7 Å². The summed E-state index contributed by atoms with van der Waals surface area (Å²) in [4.78, 5) is 30.5. The molecule has 180 valence electrons. The lowest BCUT2D eigenvalue weighted by atomic mass is 9.97. The largest absolute Gasteiger partial charge is 0.458 e. The molecule has 0 bridgehead atoms. The van der Waals surface area contributed by atoms with Gasteiger partial charge in [-0.1, -0.05) is 39.0 Å². The lowest BCUT2D eigenvalue weighted by molar-refractivity contribution is -0.159. The first-order chi connectivity index (χ1) is 16.5. The van der Waals surface area contributed by atoms with E-state index in [9.17, 15) is 9.59 Å². The van der Waals surface area contributed by atoms with Gasteiger partial charge in [-0.15, -0.1) is 0 Å². The molecule has 0 aliphatic carbocycles. The summed E-state index contributed by atoms with van der Waals surface area (Å²) in [6.07, 6.45) is 1.03. The Kier molecular flexibility index (Phi) is 7.14. The van der Waals surface area contributed by atoms with Crippen molar-refractivity contribution in [3.63, 3.8) is 0 Å². The molecule has 1 aromatic carbocycles. The molecule has 2 unspecified atom stereocenters. The van der Waals surface area contributed by atoms with Gasteiger partial charge in [-0.25, -0.2) is 9.78 Å². The standard InChI is InChI=1S/C25H27N3O4.C2H6/c1-4-14(2)26-10-9-15-16-7-5-6-8-20(16)27-22-18(15)12-28-21(22)11-17-19(24(28)29)13-32-25(30)23(17)31-3;1-2/h5-8,11,14,23,26H,4,9-10,12-13H2,1-3H3;1-2H3. The fraction of sp³-hybridized carbons (Fsp3) is 0.444. The summed E-state index contributed by atoms with van der Waals surface area (Å²) in [5.41, 5.74) is 5.69. The Morgan fingerprint density at radius 1 is 1.24 bits per heavy atom. The van der Waals surface area contributed by atoms with Crippen LogP contribution in [-0.4, -0.2) is 35.2 Å². The van der Waals surface area contributed by atoms with Crippen LogP contribution in [0.15, 0.2) is 35.1 Å². The summed E-state index contributed by atoms with van der Waals surface area (Å²) >= 11 is 0. The van der Waals surface area contributed by atoms with Crippen molar-refractivity contribution in [2.75, 3.05) is 13.7 Å². The Bertz CT molecular complexity index is 1280. The number of cyclic esters (lactones) is 1. The zero-order chi connectivity index (χ0) is 24.4. The van der Waals surface area contributed by atoms with Crippen LogP contribution in [0.5, 0.6) is 0 Å². The van der Waals surface area contributed by atoms with Gasteiger partial charge >= 0.3 is 5.97 Å². The number of hydrogen-bond donors (Lipinski definition) is 1. The Morgan fingerprint density at radius 3 is 2.74 bits per heavy atom. The second-order valence-electron chi connectivity index (χ2n) is 8.53. The van der Waals surface area contributed by atoms with E-state index >= 15 is 0 Å². The van der Waals surface area contributed by atoms with Gasteiger partial charge in [0.2, 0.25) is 0 Å². The number of fused-ring (bicyclic) bond motifs is 5. The van der Waals surface area contributed by atoms with E-state index in [4.69, 9.17) is 14.5 Å². The van der Waals surface area contributed by atoms with Gasteiger partial charge < -0.3 is 19.4 Å².